The van der Waals surface area contributed by atoms with Crippen LogP contribution in [0, 0.1) is 5.92 Å². The van der Waals surface area contributed by atoms with E-state index in [-0.39, 0.29) is 11.3 Å². The molecule has 2 aromatic rings. The highest BCUT2D eigenvalue weighted by Crippen LogP contribution is 2.26. The second-order valence-corrected chi connectivity index (χ2v) is 5.55. The summed E-state index contributed by atoms with van der Waals surface area (Å²) in [4.78, 5) is 23.7. The summed E-state index contributed by atoms with van der Waals surface area (Å²) >= 11 is 0. The molecule has 0 fully saturated rings. The number of hydrogen-bond donors (Lipinski definition) is 4. The van der Waals surface area contributed by atoms with Crippen LogP contribution >= 0.6 is 0 Å². The predicted octanol–water partition coefficient (Wildman–Crippen LogP) is 2.09. The van der Waals surface area contributed by atoms with Gasteiger partial charge in [-0.25, -0.2) is 4.79 Å². The van der Waals surface area contributed by atoms with Crippen LogP contribution in [0.15, 0.2) is 36.4 Å². The van der Waals surface area contributed by atoms with Gasteiger partial charge in [0.25, 0.3) is 5.91 Å². The highest BCUT2D eigenvalue weighted by Gasteiger charge is 2.43. The molecule has 0 aliphatic carbocycles. The topological polar surface area (TPSA) is 107 Å². The Hall–Kier alpha value is -2.60. The maximum Gasteiger partial charge on any atom is 0.357 e. The van der Waals surface area contributed by atoms with Gasteiger partial charge in [0.05, 0.1) is 5.56 Å². The summed E-state index contributed by atoms with van der Waals surface area (Å²) in [6, 6.07) is 10.0. The average molecular weight is 317 g/mol. The zero-order valence-corrected chi connectivity index (χ0v) is 12.9. The van der Waals surface area contributed by atoms with Gasteiger partial charge in [-0.2, -0.15) is 0 Å². The molecule has 0 spiro atoms. The summed E-state index contributed by atoms with van der Waals surface area (Å²) in [5.74, 6) is -3.37. The Balaban J connectivity index is 2.40. The fourth-order valence-electron chi connectivity index (χ4n) is 2.33. The molecule has 2 aromatic carbocycles. The second kappa shape index (κ2) is 6.26. The summed E-state index contributed by atoms with van der Waals surface area (Å²) in [5, 5.41) is 33.1. The molecule has 122 valence electrons. The summed E-state index contributed by atoms with van der Waals surface area (Å²) in [7, 11) is 0. The first-order valence-electron chi connectivity index (χ1n) is 7.29. The lowest BCUT2D eigenvalue weighted by molar-refractivity contribution is -0.167. The van der Waals surface area contributed by atoms with Gasteiger partial charge < -0.3 is 20.6 Å². The Kier molecular flexibility index (Phi) is 4.56. The number of phenolic OH excluding ortho intramolecular Hbond substituents is 1. The molecule has 2 rings (SSSR count). The molecule has 0 aliphatic heterocycles. The van der Waals surface area contributed by atoms with Crippen molar-refractivity contribution in [3.63, 3.8) is 0 Å². The largest absolute Gasteiger partial charge is 0.507 e. The predicted molar refractivity (Wildman–Crippen MR) is 85.1 cm³/mol. The van der Waals surface area contributed by atoms with Gasteiger partial charge in [-0.15, -0.1) is 0 Å². The Labute approximate surface area is 133 Å². The number of carbonyl (C=O) groups is 2. The van der Waals surface area contributed by atoms with E-state index in [1.165, 1.54) is 19.1 Å². The average Bonchev–Trinajstić information content (AvgIpc) is 2.52. The lowest BCUT2D eigenvalue weighted by atomic mass is 9.94. The Morgan fingerprint density at radius 2 is 1.78 bits per heavy atom. The molecular weight excluding hydrogens is 298 g/mol. The molecule has 23 heavy (non-hydrogen) atoms. The number of benzene rings is 2. The van der Waals surface area contributed by atoms with Gasteiger partial charge in [0, 0.05) is 5.92 Å². The van der Waals surface area contributed by atoms with Crippen molar-refractivity contribution in [2.45, 2.75) is 26.0 Å². The first-order chi connectivity index (χ1) is 10.8. The number of aliphatic hydroxyl groups is 1. The van der Waals surface area contributed by atoms with Crippen LogP contribution in [0.3, 0.4) is 0 Å². The molecule has 4 N–H and O–H groups in total. The maximum atomic E-state index is 12.4. The van der Waals surface area contributed by atoms with Crippen molar-refractivity contribution in [3.05, 3.63) is 42.0 Å². The van der Waals surface area contributed by atoms with E-state index in [4.69, 9.17) is 0 Å². The van der Waals surface area contributed by atoms with E-state index in [0.29, 0.717) is 6.42 Å². The minimum atomic E-state index is -2.40. The SMILES string of the molecule is CCC(C)C(O)(NC(=O)c1cc2ccccc2cc1O)C(=O)O. The molecule has 0 aliphatic rings. The Morgan fingerprint density at radius 1 is 1.22 bits per heavy atom. The third-order valence-corrected chi connectivity index (χ3v) is 4.06. The van der Waals surface area contributed by atoms with Crippen molar-refractivity contribution in [2.75, 3.05) is 0 Å². The minimum Gasteiger partial charge on any atom is -0.507 e. The molecule has 0 aromatic heterocycles. The third kappa shape index (κ3) is 3.12. The van der Waals surface area contributed by atoms with Gasteiger partial charge in [-0.1, -0.05) is 38.1 Å². The second-order valence-electron chi connectivity index (χ2n) is 5.55. The van der Waals surface area contributed by atoms with Crippen LogP contribution in [-0.2, 0) is 4.79 Å². The van der Waals surface area contributed by atoms with Crippen LogP contribution in [0.2, 0.25) is 0 Å². The first kappa shape index (κ1) is 16.8. The van der Waals surface area contributed by atoms with Crippen molar-refractivity contribution in [1.29, 1.82) is 0 Å². The summed E-state index contributed by atoms with van der Waals surface area (Å²) < 4.78 is 0. The van der Waals surface area contributed by atoms with Crippen molar-refractivity contribution in [3.8, 4) is 5.75 Å². The number of aromatic hydroxyl groups is 1. The van der Waals surface area contributed by atoms with E-state index in [1.54, 1.807) is 31.2 Å². The van der Waals surface area contributed by atoms with Gasteiger partial charge >= 0.3 is 5.97 Å². The molecule has 0 saturated heterocycles. The zero-order chi connectivity index (χ0) is 17.2. The molecule has 6 nitrogen and oxygen atoms in total. The van der Waals surface area contributed by atoms with Gasteiger partial charge in [0.2, 0.25) is 5.72 Å². The number of hydrogen-bond acceptors (Lipinski definition) is 4. The molecular formula is C17H19NO5. The standard InChI is InChI=1S/C17H19NO5/c1-3-10(2)17(23,16(21)22)18-15(20)13-8-11-6-4-5-7-12(11)9-14(13)19/h4-10,19,23H,3H2,1-2H3,(H,18,20)(H,21,22). The van der Waals surface area contributed by atoms with Gasteiger partial charge in [-0.05, 0) is 29.3 Å². The summed E-state index contributed by atoms with van der Waals surface area (Å²) in [5.41, 5.74) is -2.49. The van der Waals surface area contributed by atoms with E-state index >= 15 is 0 Å². The fraction of sp³-hybridized carbons (Fsp3) is 0.294. The van der Waals surface area contributed by atoms with Crippen LogP contribution in [-0.4, -0.2) is 32.9 Å². The van der Waals surface area contributed by atoms with E-state index in [2.05, 4.69) is 5.32 Å². The normalized spacial score (nSPS) is 14.9. The highest BCUT2D eigenvalue weighted by molar-refractivity contribution is 6.03. The quantitative estimate of drug-likeness (QED) is 0.632. The number of nitrogens with one attached hydrogen (secondary N) is 1. The number of fused-ring (bicyclic) bond motifs is 1. The van der Waals surface area contributed by atoms with Gasteiger partial charge in [0.1, 0.15) is 5.75 Å². The first-order valence-corrected chi connectivity index (χ1v) is 7.29. The number of amides is 1. The number of phenols is 1. The number of carboxylic acids is 1. The lowest BCUT2D eigenvalue weighted by Crippen LogP contribution is -2.58. The zero-order valence-electron chi connectivity index (χ0n) is 12.9. The Morgan fingerprint density at radius 3 is 2.30 bits per heavy atom. The van der Waals surface area contributed by atoms with Crippen LogP contribution in [0.4, 0.5) is 0 Å². The molecule has 0 bridgehead atoms. The number of carboxylic acid groups (broad SMARTS) is 1. The monoisotopic (exact) mass is 317 g/mol. The summed E-state index contributed by atoms with van der Waals surface area (Å²) in [6.07, 6.45) is 0.354. The third-order valence-electron chi connectivity index (χ3n) is 4.06. The number of rotatable bonds is 5. The lowest BCUT2D eigenvalue weighted by Gasteiger charge is -2.30. The molecule has 2 atom stereocenters. The molecule has 1 amide bonds. The van der Waals surface area contributed by atoms with E-state index in [9.17, 15) is 24.9 Å². The molecule has 6 heteroatoms. The minimum absolute atomic E-state index is 0.0910. The molecule has 2 unspecified atom stereocenters. The molecule has 0 heterocycles. The molecule has 0 radical (unpaired) electrons. The van der Waals surface area contributed by atoms with Crippen molar-refractivity contribution in [2.24, 2.45) is 5.92 Å². The fourth-order valence-corrected chi connectivity index (χ4v) is 2.33. The van der Waals surface area contributed by atoms with Gasteiger partial charge in [-0.3, -0.25) is 4.79 Å². The van der Waals surface area contributed by atoms with Gasteiger partial charge in [0.15, 0.2) is 0 Å². The molecule has 0 saturated carbocycles. The number of aliphatic carboxylic acids is 1. The Bertz CT molecular complexity index is 758. The highest BCUT2D eigenvalue weighted by atomic mass is 16.4. The maximum absolute atomic E-state index is 12.4. The van der Waals surface area contributed by atoms with Crippen molar-refractivity contribution in [1.82, 2.24) is 5.32 Å². The smallest absolute Gasteiger partial charge is 0.357 e. The van der Waals surface area contributed by atoms with Crippen molar-refractivity contribution < 1.29 is 24.9 Å². The van der Waals surface area contributed by atoms with Crippen LogP contribution in [0.1, 0.15) is 30.6 Å². The van der Waals surface area contributed by atoms with E-state index in [0.717, 1.165) is 10.8 Å². The van der Waals surface area contributed by atoms with E-state index in [1.807, 2.05) is 0 Å². The van der Waals surface area contributed by atoms with Crippen molar-refractivity contribution >= 4 is 22.6 Å². The summed E-state index contributed by atoms with van der Waals surface area (Å²) in [6.45, 7) is 3.23. The van der Waals surface area contributed by atoms with Crippen LogP contribution < -0.4 is 5.32 Å². The van der Waals surface area contributed by atoms with Crippen LogP contribution in [0.25, 0.3) is 10.8 Å². The van der Waals surface area contributed by atoms with Crippen LogP contribution in [0.5, 0.6) is 5.75 Å². The van der Waals surface area contributed by atoms with E-state index < -0.39 is 23.5 Å². The number of carbonyl (C=O) groups excluding carboxylic acids is 1.